The van der Waals surface area contributed by atoms with Crippen LogP contribution in [0.5, 0.6) is 0 Å². The maximum atomic E-state index is 10.2. The van der Waals surface area contributed by atoms with Crippen LogP contribution in [0.2, 0.25) is 0 Å². The lowest BCUT2D eigenvalue weighted by atomic mass is 9.98. The Labute approximate surface area is 192 Å². The van der Waals surface area contributed by atoms with Crippen LogP contribution in [0.15, 0.2) is 0 Å². The van der Waals surface area contributed by atoms with E-state index in [1.54, 1.807) is 0 Å². The zero-order chi connectivity index (χ0) is 25.3. The molecule has 34 heavy (non-hydrogen) atoms. The molecule has 16 nitrogen and oxygen atoms in total. The Morgan fingerprint density at radius 2 is 0.824 bits per heavy atom. The highest BCUT2D eigenvalue weighted by Gasteiger charge is 2.48. The van der Waals surface area contributed by atoms with Crippen LogP contribution in [0.1, 0.15) is 0 Å². The molecule has 3 aliphatic rings. The second-order valence-corrected chi connectivity index (χ2v) is 8.42. The summed E-state index contributed by atoms with van der Waals surface area (Å²) in [6, 6.07) is 0. The van der Waals surface area contributed by atoms with Crippen LogP contribution in [0.25, 0.3) is 0 Å². The molecule has 0 aromatic heterocycles. The molecule has 15 atom stereocenters. The molecule has 16 heteroatoms. The minimum absolute atomic E-state index is 0.570. The average Bonchev–Trinajstić information content (AvgIpc) is 2.82. The zero-order valence-corrected chi connectivity index (χ0v) is 17.7. The van der Waals surface area contributed by atoms with Crippen LogP contribution < -0.4 is 0 Å². The molecule has 0 aliphatic carbocycles. The molecule has 0 amide bonds. The van der Waals surface area contributed by atoms with Gasteiger partial charge in [-0.1, -0.05) is 0 Å². The molecule has 3 saturated heterocycles. The smallest absolute Gasteiger partial charge is 0.186 e. The van der Waals surface area contributed by atoms with E-state index in [1.165, 1.54) is 0 Å². The number of aliphatic hydroxyl groups excluding tert-OH is 11. The largest absolute Gasteiger partial charge is 0.394 e. The van der Waals surface area contributed by atoms with Crippen LogP contribution >= 0.6 is 0 Å². The summed E-state index contributed by atoms with van der Waals surface area (Å²) in [7, 11) is 0. The molecule has 3 heterocycles. The number of ether oxygens (including phenoxy) is 5. The van der Waals surface area contributed by atoms with Crippen LogP contribution in [-0.2, 0) is 23.7 Å². The van der Waals surface area contributed by atoms with E-state index in [-0.39, 0.29) is 0 Å². The zero-order valence-electron chi connectivity index (χ0n) is 17.7. The first-order valence-electron chi connectivity index (χ1n) is 10.6. The third-order valence-electron chi connectivity index (χ3n) is 6.05. The Morgan fingerprint density at radius 3 is 1.29 bits per heavy atom. The third kappa shape index (κ3) is 5.68. The monoisotopic (exact) mass is 504 g/mol. The van der Waals surface area contributed by atoms with Crippen molar-refractivity contribution >= 4 is 0 Å². The van der Waals surface area contributed by atoms with Gasteiger partial charge in [0.25, 0.3) is 0 Å². The maximum absolute atomic E-state index is 10.2. The minimum atomic E-state index is -1.82. The summed E-state index contributed by atoms with van der Waals surface area (Å²) in [5.74, 6) is 0. The normalized spacial score (nSPS) is 52.5. The summed E-state index contributed by atoms with van der Waals surface area (Å²) in [4.78, 5) is 0. The molecule has 15 unspecified atom stereocenters. The van der Waals surface area contributed by atoms with Crippen LogP contribution in [0.4, 0.5) is 0 Å². The predicted molar refractivity (Wildman–Crippen MR) is 101 cm³/mol. The van der Waals surface area contributed by atoms with E-state index >= 15 is 0 Å². The fourth-order valence-electron chi connectivity index (χ4n) is 3.84. The molecule has 3 rings (SSSR count). The standard InChI is InChI=1S/C18H32O16/c19-1-4-7(20)11(24)14(27)17(33-4)31-3-6-9(22)12(25)15(28)18(34-6)30-2-5-8(21)10(23)13(26)16(29)32-5/h4-29H,1-3H2. The summed E-state index contributed by atoms with van der Waals surface area (Å²) in [6.45, 7) is -1.84. The summed E-state index contributed by atoms with van der Waals surface area (Å²) in [5, 5.41) is 108. The minimum Gasteiger partial charge on any atom is -0.394 e. The van der Waals surface area contributed by atoms with Crippen LogP contribution in [0, 0.1) is 0 Å². The van der Waals surface area contributed by atoms with Crippen molar-refractivity contribution in [1.29, 1.82) is 0 Å². The summed E-state index contributed by atoms with van der Waals surface area (Å²) in [5.41, 5.74) is 0. The topological polar surface area (TPSA) is 269 Å². The predicted octanol–water partition coefficient (Wildman–Crippen LogP) is -7.57. The molecule has 3 aliphatic heterocycles. The second-order valence-electron chi connectivity index (χ2n) is 8.42. The molecular formula is C18H32O16. The van der Waals surface area contributed by atoms with Gasteiger partial charge in [0, 0.05) is 0 Å². The van der Waals surface area contributed by atoms with E-state index in [9.17, 15) is 56.2 Å². The average molecular weight is 504 g/mol. The third-order valence-corrected chi connectivity index (χ3v) is 6.05. The molecule has 200 valence electrons. The van der Waals surface area contributed by atoms with Gasteiger partial charge in [0.2, 0.25) is 0 Å². The Hall–Kier alpha value is -0.640. The number of hydrogen-bond donors (Lipinski definition) is 11. The molecule has 0 spiro atoms. The highest BCUT2D eigenvalue weighted by Crippen LogP contribution is 2.27. The van der Waals surface area contributed by atoms with Gasteiger partial charge in [-0.2, -0.15) is 0 Å². The number of rotatable bonds is 7. The van der Waals surface area contributed by atoms with Gasteiger partial charge in [0.15, 0.2) is 18.9 Å². The Balaban J connectivity index is 1.58. The lowest BCUT2D eigenvalue weighted by molar-refractivity contribution is -0.340. The lowest BCUT2D eigenvalue weighted by Gasteiger charge is -2.43. The van der Waals surface area contributed by atoms with Crippen molar-refractivity contribution in [3.8, 4) is 0 Å². The van der Waals surface area contributed by atoms with Crippen molar-refractivity contribution in [2.75, 3.05) is 19.8 Å². The van der Waals surface area contributed by atoms with Gasteiger partial charge < -0.3 is 79.9 Å². The first-order valence-corrected chi connectivity index (χ1v) is 10.6. The highest BCUT2D eigenvalue weighted by molar-refractivity contribution is 4.92. The van der Waals surface area contributed by atoms with E-state index in [0.29, 0.717) is 0 Å². The van der Waals surface area contributed by atoms with Crippen molar-refractivity contribution in [2.24, 2.45) is 0 Å². The van der Waals surface area contributed by atoms with E-state index in [2.05, 4.69) is 0 Å². The fraction of sp³-hybridized carbons (Fsp3) is 1.00. The number of hydrogen-bond acceptors (Lipinski definition) is 16. The van der Waals surface area contributed by atoms with Gasteiger partial charge in [0.05, 0.1) is 19.8 Å². The molecule has 0 radical (unpaired) electrons. The Morgan fingerprint density at radius 1 is 0.441 bits per heavy atom. The first-order chi connectivity index (χ1) is 16.0. The van der Waals surface area contributed by atoms with Crippen molar-refractivity contribution in [2.45, 2.75) is 92.1 Å². The van der Waals surface area contributed by atoms with Gasteiger partial charge in [0.1, 0.15) is 73.2 Å². The summed E-state index contributed by atoms with van der Waals surface area (Å²) < 4.78 is 26.1. The molecular weight excluding hydrogens is 472 g/mol. The lowest BCUT2D eigenvalue weighted by Crippen LogP contribution is -2.62. The Kier molecular flexibility index (Phi) is 9.54. The number of aliphatic hydroxyl groups is 11. The highest BCUT2D eigenvalue weighted by atomic mass is 16.7. The summed E-state index contributed by atoms with van der Waals surface area (Å²) in [6.07, 6.45) is -24.4. The second kappa shape index (κ2) is 11.6. The van der Waals surface area contributed by atoms with Gasteiger partial charge in [-0.05, 0) is 0 Å². The fourth-order valence-corrected chi connectivity index (χ4v) is 3.84. The van der Waals surface area contributed by atoms with Crippen LogP contribution in [0.3, 0.4) is 0 Å². The molecule has 3 fully saturated rings. The summed E-state index contributed by atoms with van der Waals surface area (Å²) >= 11 is 0. The van der Waals surface area contributed by atoms with Gasteiger partial charge in [-0.15, -0.1) is 0 Å². The van der Waals surface area contributed by atoms with Crippen molar-refractivity contribution in [3.05, 3.63) is 0 Å². The van der Waals surface area contributed by atoms with Crippen LogP contribution in [-0.4, -0.2) is 168 Å². The van der Waals surface area contributed by atoms with Gasteiger partial charge >= 0.3 is 0 Å². The molecule has 0 saturated carbocycles. The molecule has 0 bridgehead atoms. The molecule has 11 N–H and O–H groups in total. The van der Waals surface area contributed by atoms with Crippen molar-refractivity contribution < 1.29 is 79.9 Å². The van der Waals surface area contributed by atoms with Crippen molar-refractivity contribution in [3.63, 3.8) is 0 Å². The van der Waals surface area contributed by atoms with Gasteiger partial charge in [-0.25, -0.2) is 0 Å². The van der Waals surface area contributed by atoms with E-state index < -0.39 is 112 Å². The SMILES string of the molecule is OCC1OC(OCC2OC(OCC3OC(O)C(O)C(O)C3O)C(O)C(O)C2O)C(O)C(O)C1O. The molecule has 0 aromatic rings. The molecule has 0 aromatic carbocycles. The van der Waals surface area contributed by atoms with Gasteiger partial charge in [-0.3, -0.25) is 0 Å². The van der Waals surface area contributed by atoms with E-state index in [0.717, 1.165) is 0 Å². The maximum Gasteiger partial charge on any atom is 0.186 e. The first kappa shape index (κ1) is 27.9. The quantitative estimate of drug-likeness (QED) is 0.154. The van der Waals surface area contributed by atoms with E-state index in [1.807, 2.05) is 0 Å². The van der Waals surface area contributed by atoms with Crippen molar-refractivity contribution in [1.82, 2.24) is 0 Å². The van der Waals surface area contributed by atoms with E-state index in [4.69, 9.17) is 23.7 Å². The Bertz CT molecular complexity index is 639.